The normalized spacial score (nSPS) is 12.1. The highest BCUT2D eigenvalue weighted by atomic mass is 16.6. The zero-order valence-electron chi connectivity index (χ0n) is 50.8. The molecule has 0 saturated heterocycles. The van der Waals surface area contributed by atoms with Crippen molar-refractivity contribution >= 4 is 17.9 Å². The predicted octanol–water partition coefficient (Wildman–Crippen LogP) is 23.0. The van der Waals surface area contributed by atoms with Crippen molar-refractivity contribution in [2.45, 2.75) is 386 Å². The van der Waals surface area contributed by atoms with E-state index in [0.717, 1.165) is 64.2 Å². The molecule has 0 aliphatic heterocycles. The van der Waals surface area contributed by atoms with Crippen LogP contribution in [0.3, 0.4) is 0 Å². The van der Waals surface area contributed by atoms with E-state index in [-0.39, 0.29) is 31.1 Å². The van der Waals surface area contributed by atoms with Crippen LogP contribution in [-0.2, 0) is 28.6 Å². The molecule has 0 rings (SSSR count). The number of rotatable bonds is 63. The van der Waals surface area contributed by atoms with Gasteiger partial charge in [0.2, 0.25) is 0 Å². The molecule has 0 aliphatic rings. The van der Waals surface area contributed by atoms with Crippen LogP contribution < -0.4 is 0 Å². The first-order valence-corrected chi connectivity index (χ1v) is 33.8. The lowest BCUT2D eigenvalue weighted by Gasteiger charge is -2.18. The van der Waals surface area contributed by atoms with Gasteiger partial charge in [-0.15, -0.1) is 0 Å². The summed E-state index contributed by atoms with van der Waals surface area (Å²) in [4.78, 5) is 38.2. The molecule has 1 unspecified atom stereocenters. The zero-order chi connectivity index (χ0) is 54.3. The molecule has 0 aliphatic carbocycles. The summed E-state index contributed by atoms with van der Waals surface area (Å²) in [5, 5.41) is 0. The summed E-state index contributed by atoms with van der Waals surface area (Å²) in [5.74, 6) is -0.840. The molecule has 0 spiro atoms. The Morgan fingerprint density at radius 1 is 0.267 bits per heavy atom. The van der Waals surface area contributed by atoms with Gasteiger partial charge in [-0.2, -0.15) is 0 Å². The molecular formula is C69H130O6. The van der Waals surface area contributed by atoms with Crippen LogP contribution >= 0.6 is 0 Å². The summed E-state index contributed by atoms with van der Waals surface area (Å²) >= 11 is 0. The van der Waals surface area contributed by atoms with Gasteiger partial charge in [0.05, 0.1) is 0 Å². The van der Waals surface area contributed by atoms with Crippen molar-refractivity contribution in [2.75, 3.05) is 13.2 Å². The molecule has 6 heteroatoms. The maximum absolute atomic E-state index is 12.9. The van der Waals surface area contributed by atoms with Crippen molar-refractivity contribution in [3.05, 3.63) is 24.3 Å². The lowest BCUT2D eigenvalue weighted by atomic mass is 10.0. The Bertz CT molecular complexity index is 1210. The molecular weight excluding hydrogens is 925 g/mol. The quantitative estimate of drug-likeness (QED) is 0.0261. The van der Waals surface area contributed by atoms with Crippen molar-refractivity contribution < 1.29 is 28.6 Å². The van der Waals surface area contributed by atoms with E-state index in [2.05, 4.69) is 45.1 Å². The highest BCUT2D eigenvalue weighted by molar-refractivity contribution is 5.71. The summed E-state index contributed by atoms with van der Waals surface area (Å²) in [7, 11) is 0. The van der Waals surface area contributed by atoms with Gasteiger partial charge >= 0.3 is 17.9 Å². The summed E-state index contributed by atoms with van der Waals surface area (Å²) in [5.41, 5.74) is 0. The van der Waals surface area contributed by atoms with E-state index < -0.39 is 6.10 Å². The number of ether oxygens (including phenoxy) is 3. The third-order valence-corrected chi connectivity index (χ3v) is 15.5. The van der Waals surface area contributed by atoms with Gasteiger partial charge in [-0.3, -0.25) is 14.4 Å². The fraction of sp³-hybridized carbons (Fsp3) is 0.899. The molecule has 0 radical (unpaired) electrons. The second-order valence-electron chi connectivity index (χ2n) is 23.1. The molecule has 0 N–H and O–H groups in total. The Hall–Kier alpha value is -2.11. The van der Waals surface area contributed by atoms with Crippen LogP contribution in [-0.4, -0.2) is 37.2 Å². The summed E-state index contributed by atoms with van der Waals surface area (Å²) in [6.07, 6.45) is 77.8. The van der Waals surface area contributed by atoms with Crippen LogP contribution in [0.5, 0.6) is 0 Å². The molecule has 442 valence electrons. The smallest absolute Gasteiger partial charge is 0.306 e. The van der Waals surface area contributed by atoms with Crippen LogP contribution in [0.1, 0.15) is 380 Å². The molecule has 1 atom stereocenters. The number of hydrogen-bond donors (Lipinski definition) is 0. The average molecular weight is 1060 g/mol. The van der Waals surface area contributed by atoms with Crippen LogP contribution in [0.4, 0.5) is 0 Å². The number of carbonyl (C=O) groups excluding carboxylic acids is 3. The maximum Gasteiger partial charge on any atom is 0.306 e. The van der Waals surface area contributed by atoms with Crippen molar-refractivity contribution in [1.82, 2.24) is 0 Å². The molecule has 6 nitrogen and oxygen atoms in total. The standard InChI is InChI=1S/C69H130O6/c1-4-7-10-13-16-19-21-23-25-27-29-31-33-34-36-37-39-41-43-45-47-50-53-56-59-62-68(71)74-65-66(64-73-67(70)61-58-55-52-49-18-15-12-9-6-3)75-69(72)63-60-57-54-51-48-46-44-42-40-38-35-32-30-28-26-24-22-20-17-14-11-8-5-2/h21,23,27,29,66H,4-20,22,24-26,28,30-65H2,1-3H3/b23-21-,29-27-. The van der Waals surface area contributed by atoms with Crippen LogP contribution in [0.25, 0.3) is 0 Å². The Balaban J connectivity index is 4.13. The van der Waals surface area contributed by atoms with Gasteiger partial charge in [0.25, 0.3) is 0 Å². The van der Waals surface area contributed by atoms with E-state index >= 15 is 0 Å². The molecule has 0 aromatic carbocycles. The zero-order valence-corrected chi connectivity index (χ0v) is 50.8. The molecule has 0 aromatic rings. The molecule has 0 bridgehead atoms. The van der Waals surface area contributed by atoms with E-state index in [9.17, 15) is 14.4 Å². The lowest BCUT2D eigenvalue weighted by molar-refractivity contribution is -0.167. The first-order chi connectivity index (χ1) is 37.0. The Kier molecular flexibility index (Phi) is 62.6. The second kappa shape index (κ2) is 64.4. The van der Waals surface area contributed by atoms with Gasteiger partial charge in [0.15, 0.2) is 6.10 Å². The number of hydrogen-bond acceptors (Lipinski definition) is 6. The minimum Gasteiger partial charge on any atom is -0.462 e. The summed E-state index contributed by atoms with van der Waals surface area (Å²) < 4.78 is 16.9. The minimum absolute atomic E-state index is 0.0652. The van der Waals surface area contributed by atoms with Crippen molar-refractivity contribution in [2.24, 2.45) is 0 Å². The van der Waals surface area contributed by atoms with Gasteiger partial charge in [-0.05, 0) is 51.4 Å². The third kappa shape index (κ3) is 62.6. The minimum atomic E-state index is -0.766. The average Bonchev–Trinajstić information content (AvgIpc) is 3.41. The number of esters is 3. The number of carbonyl (C=O) groups is 3. The molecule has 0 heterocycles. The Labute approximate surface area is 468 Å². The largest absolute Gasteiger partial charge is 0.462 e. The van der Waals surface area contributed by atoms with Crippen LogP contribution in [0.2, 0.25) is 0 Å². The van der Waals surface area contributed by atoms with E-state index in [1.54, 1.807) is 0 Å². The lowest BCUT2D eigenvalue weighted by Crippen LogP contribution is -2.30. The van der Waals surface area contributed by atoms with Crippen LogP contribution in [0.15, 0.2) is 24.3 Å². The molecule has 0 saturated carbocycles. The van der Waals surface area contributed by atoms with Gasteiger partial charge in [0, 0.05) is 19.3 Å². The Morgan fingerprint density at radius 3 is 0.733 bits per heavy atom. The predicted molar refractivity (Wildman–Crippen MR) is 326 cm³/mol. The highest BCUT2D eigenvalue weighted by Gasteiger charge is 2.19. The van der Waals surface area contributed by atoms with E-state index in [0.29, 0.717) is 19.3 Å². The molecule has 0 aromatic heterocycles. The third-order valence-electron chi connectivity index (χ3n) is 15.5. The fourth-order valence-corrected chi connectivity index (χ4v) is 10.4. The van der Waals surface area contributed by atoms with Crippen molar-refractivity contribution in [1.29, 1.82) is 0 Å². The summed E-state index contributed by atoms with van der Waals surface area (Å²) in [6, 6.07) is 0. The Morgan fingerprint density at radius 2 is 0.480 bits per heavy atom. The van der Waals surface area contributed by atoms with Gasteiger partial charge < -0.3 is 14.2 Å². The topological polar surface area (TPSA) is 78.9 Å². The molecule has 75 heavy (non-hydrogen) atoms. The van der Waals surface area contributed by atoms with Gasteiger partial charge in [-0.25, -0.2) is 0 Å². The summed E-state index contributed by atoms with van der Waals surface area (Å²) in [6.45, 7) is 6.68. The first-order valence-electron chi connectivity index (χ1n) is 33.8. The van der Waals surface area contributed by atoms with Gasteiger partial charge in [-0.1, -0.05) is 334 Å². The fourth-order valence-electron chi connectivity index (χ4n) is 10.4. The van der Waals surface area contributed by atoms with Gasteiger partial charge in [0.1, 0.15) is 13.2 Å². The molecule has 0 fully saturated rings. The van der Waals surface area contributed by atoms with Crippen LogP contribution in [0, 0.1) is 0 Å². The van der Waals surface area contributed by atoms with Crippen molar-refractivity contribution in [3.8, 4) is 0 Å². The highest BCUT2D eigenvalue weighted by Crippen LogP contribution is 2.18. The van der Waals surface area contributed by atoms with Crippen molar-refractivity contribution in [3.63, 3.8) is 0 Å². The first kappa shape index (κ1) is 72.9. The maximum atomic E-state index is 12.9. The molecule has 0 amide bonds. The second-order valence-corrected chi connectivity index (χ2v) is 23.1. The van der Waals surface area contributed by atoms with E-state index in [1.807, 2.05) is 0 Å². The SMILES string of the molecule is CCCCCCC/C=C\C/C=C\CCCCCCCCCCCCCCCC(=O)OCC(COC(=O)CCCCCCCCCCC)OC(=O)CCCCCCCCCCCCCCCCCCCCCCCCC. The van der Waals surface area contributed by atoms with E-state index in [1.165, 1.54) is 276 Å². The monoisotopic (exact) mass is 1050 g/mol. The van der Waals surface area contributed by atoms with E-state index in [4.69, 9.17) is 14.2 Å². The number of unbranched alkanes of at least 4 members (excludes halogenated alkanes) is 48. The number of allylic oxidation sites excluding steroid dienone is 4.